The number of carbonyl (C=O) groups is 1. The molecule has 1 unspecified atom stereocenters. The van der Waals surface area contributed by atoms with Crippen LogP contribution < -0.4 is 4.90 Å². The van der Waals surface area contributed by atoms with Crippen molar-refractivity contribution in [1.82, 2.24) is 9.88 Å². The fourth-order valence-electron chi connectivity index (χ4n) is 5.10. The van der Waals surface area contributed by atoms with E-state index in [1.165, 1.54) is 18.4 Å². The van der Waals surface area contributed by atoms with Crippen molar-refractivity contribution in [2.45, 2.75) is 43.7 Å². The van der Waals surface area contributed by atoms with Crippen LogP contribution in [-0.2, 0) is 21.5 Å². The number of carbonyl (C=O) groups excluding carboxylic acids is 1. The van der Waals surface area contributed by atoms with Crippen LogP contribution in [-0.4, -0.2) is 48.1 Å². The minimum atomic E-state index is -0.364. The maximum absolute atomic E-state index is 13.7. The molecule has 5 heteroatoms. The van der Waals surface area contributed by atoms with Crippen LogP contribution in [0.15, 0.2) is 48.8 Å². The number of fused-ring (bicyclic) bond motifs is 2. The minimum Gasteiger partial charge on any atom is -0.377 e. The number of para-hydroxylation sites is 1. The summed E-state index contributed by atoms with van der Waals surface area (Å²) in [6.45, 7) is 4.44. The lowest BCUT2D eigenvalue weighted by molar-refractivity contribution is -0.125. The fourth-order valence-corrected chi connectivity index (χ4v) is 5.10. The van der Waals surface area contributed by atoms with Gasteiger partial charge in [-0.25, -0.2) is 0 Å². The van der Waals surface area contributed by atoms with Crippen LogP contribution in [0.3, 0.4) is 0 Å². The summed E-state index contributed by atoms with van der Waals surface area (Å²) in [6.07, 6.45) is 8.10. The molecule has 146 valence electrons. The largest absolute Gasteiger partial charge is 0.377 e. The van der Waals surface area contributed by atoms with E-state index in [0.717, 1.165) is 50.3 Å². The summed E-state index contributed by atoms with van der Waals surface area (Å²) < 4.78 is 5.81. The van der Waals surface area contributed by atoms with Gasteiger partial charge in [-0.3, -0.25) is 9.78 Å². The molecular formula is C23H27N3O2. The number of anilines is 1. The molecule has 1 spiro atoms. The quantitative estimate of drug-likeness (QED) is 0.821. The van der Waals surface area contributed by atoms with Crippen molar-refractivity contribution in [1.29, 1.82) is 0 Å². The normalized spacial score (nSPS) is 24.1. The Balaban J connectivity index is 1.37. The Morgan fingerprint density at radius 3 is 2.64 bits per heavy atom. The lowest BCUT2D eigenvalue weighted by Crippen LogP contribution is -2.49. The van der Waals surface area contributed by atoms with Crippen LogP contribution in [0.4, 0.5) is 5.69 Å². The number of aromatic nitrogens is 1. The number of likely N-dealkylation sites (tertiary alicyclic amines) is 1. The molecule has 3 aliphatic heterocycles. The Hall–Kier alpha value is -2.24. The van der Waals surface area contributed by atoms with Crippen molar-refractivity contribution in [3.05, 3.63) is 59.9 Å². The van der Waals surface area contributed by atoms with E-state index in [9.17, 15) is 4.79 Å². The first kappa shape index (κ1) is 17.8. The van der Waals surface area contributed by atoms with Crippen LogP contribution >= 0.6 is 0 Å². The highest BCUT2D eigenvalue weighted by molar-refractivity contribution is 6.08. The van der Waals surface area contributed by atoms with Crippen molar-refractivity contribution in [2.75, 3.05) is 31.1 Å². The molecule has 1 aromatic heterocycles. The summed E-state index contributed by atoms with van der Waals surface area (Å²) in [6, 6.07) is 12.4. The third-order valence-corrected chi connectivity index (χ3v) is 6.65. The second-order valence-corrected chi connectivity index (χ2v) is 8.28. The molecule has 2 saturated heterocycles. The molecule has 3 aliphatic rings. The first-order valence-corrected chi connectivity index (χ1v) is 10.4. The molecule has 0 aliphatic carbocycles. The molecule has 28 heavy (non-hydrogen) atoms. The molecule has 1 aromatic carbocycles. The van der Waals surface area contributed by atoms with E-state index in [-0.39, 0.29) is 11.3 Å². The number of nitrogens with zero attached hydrogens (tertiary/aromatic N) is 3. The maximum Gasteiger partial charge on any atom is 0.238 e. The molecule has 0 N–H and O–H groups in total. The van der Waals surface area contributed by atoms with Gasteiger partial charge in [-0.05, 0) is 68.1 Å². The number of pyridine rings is 1. The van der Waals surface area contributed by atoms with Gasteiger partial charge >= 0.3 is 0 Å². The molecule has 2 fully saturated rings. The van der Waals surface area contributed by atoms with Crippen LogP contribution in [0, 0.1) is 0 Å². The highest BCUT2D eigenvalue weighted by Gasteiger charge is 2.51. The lowest BCUT2D eigenvalue weighted by atomic mass is 9.73. The van der Waals surface area contributed by atoms with E-state index in [1.54, 1.807) is 12.4 Å². The Kier molecular flexibility index (Phi) is 4.65. The van der Waals surface area contributed by atoms with Crippen molar-refractivity contribution in [2.24, 2.45) is 0 Å². The third kappa shape index (κ3) is 3.03. The van der Waals surface area contributed by atoms with Gasteiger partial charge in [0.15, 0.2) is 0 Å². The summed E-state index contributed by atoms with van der Waals surface area (Å²) in [4.78, 5) is 22.2. The smallest absolute Gasteiger partial charge is 0.238 e. The summed E-state index contributed by atoms with van der Waals surface area (Å²) >= 11 is 0. The molecular weight excluding hydrogens is 350 g/mol. The molecule has 5 nitrogen and oxygen atoms in total. The number of rotatable bonds is 4. The number of benzene rings is 1. The molecule has 0 radical (unpaired) electrons. The van der Waals surface area contributed by atoms with Gasteiger partial charge in [-0.2, -0.15) is 0 Å². The minimum absolute atomic E-state index is 0.266. The standard InChI is InChI=1S/C23H27N3O2/c27-22-23(9-13-25(14-10-23)17-19-4-3-15-28-19)20-5-1-2-6-21(20)26(22)16-18-7-11-24-12-8-18/h1-2,5-8,11-12,19H,3-4,9-10,13-17H2. The van der Waals surface area contributed by atoms with Gasteiger partial charge in [0.2, 0.25) is 5.91 Å². The van der Waals surface area contributed by atoms with E-state index in [1.807, 2.05) is 23.1 Å². The molecule has 5 rings (SSSR count). The zero-order valence-electron chi connectivity index (χ0n) is 16.2. The molecule has 1 amide bonds. The van der Waals surface area contributed by atoms with Gasteiger partial charge in [0, 0.05) is 31.2 Å². The summed E-state index contributed by atoms with van der Waals surface area (Å²) in [5.74, 6) is 0.266. The SMILES string of the molecule is O=C1N(Cc2ccncc2)c2ccccc2C12CCN(CC1CCCO1)CC2. The highest BCUT2D eigenvalue weighted by Crippen LogP contribution is 2.48. The number of hydrogen-bond donors (Lipinski definition) is 0. The van der Waals surface area contributed by atoms with Crippen LogP contribution in [0.1, 0.15) is 36.8 Å². The monoisotopic (exact) mass is 377 g/mol. The Morgan fingerprint density at radius 2 is 1.89 bits per heavy atom. The zero-order chi connectivity index (χ0) is 19.0. The average molecular weight is 377 g/mol. The first-order valence-electron chi connectivity index (χ1n) is 10.4. The van der Waals surface area contributed by atoms with Gasteiger partial charge in [-0.15, -0.1) is 0 Å². The lowest BCUT2D eigenvalue weighted by Gasteiger charge is -2.39. The van der Waals surface area contributed by atoms with E-state index in [0.29, 0.717) is 12.6 Å². The van der Waals surface area contributed by atoms with Crippen molar-refractivity contribution < 1.29 is 9.53 Å². The maximum atomic E-state index is 13.7. The number of piperidine rings is 1. The summed E-state index contributed by atoms with van der Waals surface area (Å²) in [5, 5.41) is 0. The fraction of sp³-hybridized carbons (Fsp3) is 0.478. The first-order chi connectivity index (χ1) is 13.8. The van der Waals surface area contributed by atoms with Gasteiger partial charge in [0.1, 0.15) is 0 Å². The predicted molar refractivity (Wildman–Crippen MR) is 108 cm³/mol. The molecule has 0 bridgehead atoms. The second kappa shape index (κ2) is 7.30. The van der Waals surface area contributed by atoms with Crippen LogP contribution in [0.5, 0.6) is 0 Å². The second-order valence-electron chi connectivity index (χ2n) is 8.28. The van der Waals surface area contributed by atoms with Gasteiger partial charge < -0.3 is 14.5 Å². The molecule has 0 saturated carbocycles. The molecule has 4 heterocycles. The number of ether oxygens (including phenoxy) is 1. The summed E-state index contributed by atoms with van der Waals surface area (Å²) in [5.41, 5.74) is 3.05. The van der Waals surface area contributed by atoms with E-state index < -0.39 is 0 Å². The highest BCUT2D eigenvalue weighted by atomic mass is 16.5. The number of hydrogen-bond acceptors (Lipinski definition) is 4. The average Bonchev–Trinajstić information content (AvgIpc) is 3.33. The predicted octanol–water partition coefficient (Wildman–Crippen LogP) is 3.14. The topological polar surface area (TPSA) is 45.7 Å². The summed E-state index contributed by atoms with van der Waals surface area (Å²) in [7, 11) is 0. The van der Waals surface area contributed by atoms with Gasteiger partial charge in [-0.1, -0.05) is 18.2 Å². The van der Waals surface area contributed by atoms with Gasteiger partial charge in [0.25, 0.3) is 0 Å². The number of amides is 1. The Bertz CT molecular complexity index is 840. The van der Waals surface area contributed by atoms with Gasteiger partial charge in [0.05, 0.1) is 18.1 Å². The Labute approximate surface area is 166 Å². The van der Waals surface area contributed by atoms with Crippen molar-refractivity contribution in [3.63, 3.8) is 0 Å². The van der Waals surface area contributed by atoms with Crippen molar-refractivity contribution >= 4 is 11.6 Å². The van der Waals surface area contributed by atoms with E-state index in [4.69, 9.17) is 4.74 Å². The van der Waals surface area contributed by atoms with E-state index in [2.05, 4.69) is 28.1 Å². The zero-order valence-corrected chi connectivity index (χ0v) is 16.2. The van der Waals surface area contributed by atoms with Crippen LogP contribution in [0.2, 0.25) is 0 Å². The van der Waals surface area contributed by atoms with Crippen molar-refractivity contribution in [3.8, 4) is 0 Å². The van der Waals surface area contributed by atoms with Crippen LogP contribution in [0.25, 0.3) is 0 Å². The third-order valence-electron chi connectivity index (χ3n) is 6.65. The molecule has 1 atom stereocenters. The molecule has 2 aromatic rings. The Morgan fingerprint density at radius 1 is 1.11 bits per heavy atom. The van der Waals surface area contributed by atoms with E-state index >= 15 is 0 Å².